The maximum atomic E-state index is 12.5. The van der Waals surface area contributed by atoms with Crippen molar-refractivity contribution in [2.45, 2.75) is 40.0 Å². The molecule has 0 amide bonds. The van der Waals surface area contributed by atoms with Crippen molar-refractivity contribution in [3.63, 3.8) is 0 Å². The third-order valence-corrected chi connectivity index (χ3v) is 4.72. The normalized spacial score (nSPS) is 18.2. The van der Waals surface area contributed by atoms with Crippen LogP contribution in [0.4, 0.5) is 0 Å². The van der Waals surface area contributed by atoms with Crippen LogP contribution in [0.1, 0.15) is 48.2 Å². The molecule has 1 aliphatic rings. The number of carbonyl (C=O) groups is 1. The van der Waals surface area contributed by atoms with Crippen molar-refractivity contribution < 1.29 is 9.53 Å². The summed E-state index contributed by atoms with van der Waals surface area (Å²) in [6.45, 7) is 6.31. The van der Waals surface area contributed by atoms with Crippen LogP contribution in [0.25, 0.3) is 0 Å². The Bertz CT molecular complexity index is 504. The summed E-state index contributed by atoms with van der Waals surface area (Å²) in [6, 6.07) is 2.01. The number of benzene rings is 1. The number of aryl methyl sites for hydroxylation is 1. The van der Waals surface area contributed by atoms with E-state index in [4.69, 9.17) is 4.74 Å². The molecule has 0 fully saturated rings. The van der Waals surface area contributed by atoms with Crippen LogP contribution >= 0.6 is 15.9 Å². The van der Waals surface area contributed by atoms with Crippen LogP contribution in [0.3, 0.4) is 0 Å². The molecule has 0 N–H and O–H groups in total. The second kappa shape index (κ2) is 4.69. The van der Waals surface area contributed by atoms with Crippen LogP contribution in [-0.2, 0) is 6.42 Å². The lowest BCUT2D eigenvalue weighted by atomic mass is 9.84. The molecule has 0 saturated carbocycles. The summed E-state index contributed by atoms with van der Waals surface area (Å²) in [4.78, 5) is 12.5. The van der Waals surface area contributed by atoms with Crippen molar-refractivity contribution in [1.82, 2.24) is 0 Å². The Hall–Kier alpha value is -0.830. The Morgan fingerprint density at radius 1 is 1.39 bits per heavy atom. The number of hydrogen-bond acceptors (Lipinski definition) is 2. The van der Waals surface area contributed by atoms with Crippen LogP contribution in [0.2, 0.25) is 0 Å². The van der Waals surface area contributed by atoms with E-state index in [0.717, 1.165) is 39.8 Å². The zero-order valence-electron chi connectivity index (χ0n) is 11.4. The van der Waals surface area contributed by atoms with Gasteiger partial charge in [0.25, 0.3) is 0 Å². The van der Waals surface area contributed by atoms with Gasteiger partial charge in [-0.15, -0.1) is 0 Å². The molecule has 0 aliphatic heterocycles. The van der Waals surface area contributed by atoms with E-state index in [1.807, 2.05) is 13.0 Å². The topological polar surface area (TPSA) is 26.3 Å². The van der Waals surface area contributed by atoms with Gasteiger partial charge in [-0.05, 0) is 52.7 Å². The quantitative estimate of drug-likeness (QED) is 0.722. The van der Waals surface area contributed by atoms with Gasteiger partial charge in [-0.2, -0.15) is 0 Å². The van der Waals surface area contributed by atoms with Crippen LogP contribution in [0, 0.1) is 12.3 Å². The first-order chi connectivity index (χ1) is 8.35. The van der Waals surface area contributed by atoms with Gasteiger partial charge in [0, 0.05) is 22.0 Å². The van der Waals surface area contributed by atoms with Crippen molar-refractivity contribution >= 4 is 21.7 Å². The molecule has 1 aromatic rings. The first kappa shape index (κ1) is 13.6. The lowest BCUT2D eigenvalue weighted by Gasteiger charge is -2.20. The fourth-order valence-corrected chi connectivity index (χ4v) is 3.17. The monoisotopic (exact) mass is 310 g/mol. The lowest BCUT2D eigenvalue weighted by molar-refractivity contribution is 0.0933. The highest BCUT2D eigenvalue weighted by molar-refractivity contribution is 9.10. The maximum absolute atomic E-state index is 12.5. The van der Waals surface area contributed by atoms with Crippen LogP contribution in [0.5, 0.6) is 5.75 Å². The average molecular weight is 311 g/mol. The molecular weight excluding hydrogens is 292 g/mol. The van der Waals surface area contributed by atoms with Crippen molar-refractivity contribution in [3.05, 3.63) is 27.2 Å². The molecule has 0 heterocycles. The summed E-state index contributed by atoms with van der Waals surface area (Å²) in [5.74, 6) is 1.07. The van der Waals surface area contributed by atoms with E-state index in [1.165, 1.54) is 0 Å². The lowest BCUT2D eigenvalue weighted by Crippen LogP contribution is -2.15. The Morgan fingerprint density at radius 3 is 2.67 bits per heavy atom. The minimum absolute atomic E-state index is 0.0639. The number of methoxy groups -OCH3 is 1. The highest BCUT2D eigenvalue weighted by Gasteiger charge is 2.31. The number of fused-ring (bicyclic) bond motifs is 1. The Balaban J connectivity index is 2.64. The van der Waals surface area contributed by atoms with Gasteiger partial charge < -0.3 is 4.74 Å². The molecule has 0 saturated heterocycles. The zero-order chi connectivity index (χ0) is 13.5. The number of hydrogen-bond donors (Lipinski definition) is 0. The molecule has 0 atom stereocenters. The van der Waals surface area contributed by atoms with Gasteiger partial charge in [0.1, 0.15) is 5.75 Å². The third-order valence-electron chi connectivity index (χ3n) is 3.70. The number of carbonyl (C=O) groups excluding carboxylic acids is 1. The van der Waals surface area contributed by atoms with E-state index >= 15 is 0 Å². The van der Waals surface area contributed by atoms with Crippen molar-refractivity contribution in [2.24, 2.45) is 5.41 Å². The smallest absolute Gasteiger partial charge is 0.164 e. The van der Waals surface area contributed by atoms with Gasteiger partial charge in [-0.3, -0.25) is 4.79 Å². The van der Waals surface area contributed by atoms with E-state index in [1.54, 1.807) is 7.11 Å². The third kappa shape index (κ3) is 2.33. The summed E-state index contributed by atoms with van der Waals surface area (Å²) in [5.41, 5.74) is 3.01. The van der Waals surface area contributed by atoms with Gasteiger partial charge in [0.05, 0.1) is 7.11 Å². The number of halogens is 1. The Morgan fingerprint density at radius 2 is 2.06 bits per heavy atom. The van der Waals surface area contributed by atoms with E-state index in [9.17, 15) is 4.79 Å². The summed E-state index contributed by atoms with van der Waals surface area (Å²) >= 11 is 3.57. The van der Waals surface area contributed by atoms with Crippen molar-refractivity contribution in [1.29, 1.82) is 0 Å². The number of ketones is 1. The highest BCUT2D eigenvalue weighted by atomic mass is 79.9. The van der Waals surface area contributed by atoms with Crippen LogP contribution in [0.15, 0.2) is 10.5 Å². The Labute approximate surface area is 117 Å². The number of rotatable bonds is 1. The van der Waals surface area contributed by atoms with Gasteiger partial charge in [0.2, 0.25) is 0 Å². The molecule has 0 aromatic heterocycles. The second-order valence-corrected chi connectivity index (χ2v) is 6.62. The average Bonchev–Trinajstić information content (AvgIpc) is 2.40. The fraction of sp³-hybridized carbons (Fsp3) is 0.533. The molecular formula is C15H19BrO2. The van der Waals surface area contributed by atoms with E-state index < -0.39 is 0 Å². The fourth-order valence-electron chi connectivity index (χ4n) is 2.60. The minimum Gasteiger partial charge on any atom is -0.496 e. The molecule has 1 aliphatic carbocycles. The SMILES string of the molecule is COc1cc(C)c(Br)c2c1CCC(C)(C)CC2=O. The van der Waals surface area contributed by atoms with Gasteiger partial charge in [-0.1, -0.05) is 13.8 Å². The number of ether oxygens (including phenoxy) is 1. The standard InChI is InChI=1S/C15H19BrO2/c1-9-7-12(18-4)10-5-6-15(2,3)8-11(17)13(10)14(9)16/h7H,5-6,8H2,1-4H3. The predicted molar refractivity (Wildman–Crippen MR) is 76.5 cm³/mol. The van der Waals surface area contributed by atoms with Gasteiger partial charge in [0.15, 0.2) is 5.78 Å². The number of Topliss-reactive ketones (excluding diaryl/α,β-unsaturated/α-hetero) is 1. The first-order valence-corrected chi connectivity index (χ1v) is 7.04. The summed E-state index contributed by atoms with van der Waals surface area (Å²) in [7, 11) is 1.67. The van der Waals surface area contributed by atoms with Gasteiger partial charge >= 0.3 is 0 Å². The van der Waals surface area contributed by atoms with Gasteiger partial charge in [-0.25, -0.2) is 0 Å². The second-order valence-electron chi connectivity index (χ2n) is 5.83. The summed E-state index contributed by atoms with van der Waals surface area (Å²) in [6.07, 6.45) is 2.51. The molecule has 1 aromatic carbocycles. The zero-order valence-corrected chi connectivity index (χ0v) is 13.0. The van der Waals surface area contributed by atoms with Crippen molar-refractivity contribution in [2.75, 3.05) is 7.11 Å². The molecule has 0 radical (unpaired) electrons. The van der Waals surface area contributed by atoms with E-state index in [-0.39, 0.29) is 11.2 Å². The highest BCUT2D eigenvalue weighted by Crippen LogP contribution is 2.41. The van der Waals surface area contributed by atoms with E-state index in [0.29, 0.717) is 6.42 Å². The summed E-state index contributed by atoms with van der Waals surface area (Å²) in [5, 5.41) is 0. The molecule has 0 unspecified atom stereocenters. The molecule has 0 bridgehead atoms. The summed E-state index contributed by atoms with van der Waals surface area (Å²) < 4.78 is 6.38. The predicted octanol–water partition coefficient (Wildman–Crippen LogP) is 4.31. The molecule has 3 heteroatoms. The van der Waals surface area contributed by atoms with Crippen LogP contribution in [-0.4, -0.2) is 12.9 Å². The Kier molecular flexibility index (Phi) is 3.54. The van der Waals surface area contributed by atoms with Crippen LogP contribution < -0.4 is 4.74 Å². The maximum Gasteiger partial charge on any atom is 0.164 e. The van der Waals surface area contributed by atoms with E-state index in [2.05, 4.69) is 29.8 Å². The first-order valence-electron chi connectivity index (χ1n) is 6.25. The van der Waals surface area contributed by atoms with Crippen molar-refractivity contribution in [3.8, 4) is 5.75 Å². The molecule has 18 heavy (non-hydrogen) atoms. The molecule has 0 spiro atoms. The molecule has 2 rings (SSSR count). The molecule has 2 nitrogen and oxygen atoms in total. The largest absolute Gasteiger partial charge is 0.496 e. The molecule has 98 valence electrons. The minimum atomic E-state index is 0.0639.